The summed E-state index contributed by atoms with van der Waals surface area (Å²) < 4.78 is 31.5. The summed E-state index contributed by atoms with van der Waals surface area (Å²) in [6.07, 6.45) is 1.95. The highest BCUT2D eigenvalue weighted by Gasteiger charge is 2.24. The van der Waals surface area contributed by atoms with E-state index in [1.807, 2.05) is 19.0 Å². The molecule has 0 bridgehead atoms. The number of aromatic nitrogens is 1. The molecule has 0 aliphatic rings. The number of hydrogen-bond donors (Lipinski definition) is 1. The molecule has 7 nitrogen and oxygen atoms in total. The first kappa shape index (κ1) is 17.8. The highest BCUT2D eigenvalue weighted by Crippen LogP contribution is 2.13. The molecule has 1 N–H and O–H groups in total. The molecule has 0 fully saturated rings. The van der Waals surface area contributed by atoms with Crippen molar-refractivity contribution >= 4 is 10.0 Å². The van der Waals surface area contributed by atoms with Crippen molar-refractivity contribution in [2.45, 2.75) is 11.3 Å². The van der Waals surface area contributed by atoms with Gasteiger partial charge in [-0.3, -0.25) is 4.79 Å². The molecule has 0 aliphatic carbocycles. The van der Waals surface area contributed by atoms with Gasteiger partial charge < -0.3 is 14.6 Å². The standard InChI is InChI=1S/C13H23N3O4S/c1-15(2)7-4-8-16(9-10-20-3)21(18,19)12-5-6-13(17)14-11-12/h5-6,11H,4,7-10H2,1-3H3,(H,14,17). The highest BCUT2D eigenvalue weighted by atomic mass is 32.2. The normalized spacial score (nSPS) is 12.2. The lowest BCUT2D eigenvalue weighted by atomic mass is 10.4. The van der Waals surface area contributed by atoms with Gasteiger partial charge in [0.1, 0.15) is 0 Å². The molecule has 0 saturated heterocycles. The zero-order chi connectivity index (χ0) is 15.9. The summed E-state index contributed by atoms with van der Waals surface area (Å²) in [6.45, 7) is 1.81. The first-order chi connectivity index (χ1) is 9.87. The Hall–Kier alpha value is -1.22. The van der Waals surface area contributed by atoms with E-state index in [-0.39, 0.29) is 17.0 Å². The van der Waals surface area contributed by atoms with Crippen LogP contribution in [0.25, 0.3) is 0 Å². The highest BCUT2D eigenvalue weighted by molar-refractivity contribution is 7.89. The number of pyridine rings is 1. The van der Waals surface area contributed by atoms with E-state index < -0.39 is 10.0 Å². The molecule has 0 amide bonds. The Morgan fingerprint density at radius 1 is 1.19 bits per heavy atom. The molecule has 0 radical (unpaired) electrons. The zero-order valence-electron chi connectivity index (χ0n) is 12.7. The molecule has 1 rings (SSSR count). The lowest BCUT2D eigenvalue weighted by Crippen LogP contribution is -2.36. The fourth-order valence-corrected chi connectivity index (χ4v) is 3.24. The van der Waals surface area contributed by atoms with Gasteiger partial charge in [-0.25, -0.2) is 8.42 Å². The van der Waals surface area contributed by atoms with E-state index in [1.54, 1.807) is 0 Å². The van der Waals surface area contributed by atoms with E-state index in [1.165, 1.54) is 29.7 Å². The number of methoxy groups -OCH3 is 1. The average molecular weight is 317 g/mol. The fourth-order valence-electron chi connectivity index (χ4n) is 1.81. The molecule has 1 aromatic rings. The van der Waals surface area contributed by atoms with E-state index in [9.17, 15) is 13.2 Å². The van der Waals surface area contributed by atoms with Crippen LogP contribution in [0, 0.1) is 0 Å². The maximum absolute atomic E-state index is 12.6. The molecule has 0 aliphatic heterocycles. The third-order valence-electron chi connectivity index (χ3n) is 2.95. The first-order valence-corrected chi connectivity index (χ1v) is 8.14. The molecule has 0 atom stereocenters. The molecule has 0 unspecified atom stereocenters. The molecular weight excluding hydrogens is 294 g/mol. The Kier molecular flexibility index (Phi) is 7.03. The van der Waals surface area contributed by atoms with Gasteiger partial charge in [0.15, 0.2) is 0 Å². The van der Waals surface area contributed by atoms with Crippen molar-refractivity contribution in [3.8, 4) is 0 Å². The van der Waals surface area contributed by atoms with Crippen LogP contribution in [0.2, 0.25) is 0 Å². The Morgan fingerprint density at radius 3 is 2.43 bits per heavy atom. The van der Waals surface area contributed by atoms with Crippen molar-refractivity contribution in [3.63, 3.8) is 0 Å². The quantitative estimate of drug-likeness (QED) is 0.691. The van der Waals surface area contributed by atoms with Gasteiger partial charge in [-0.2, -0.15) is 4.31 Å². The Balaban J connectivity index is 2.88. The van der Waals surface area contributed by atoms with Crippen molar-refractivity contribution in [2.24, 2.45) is 0 Å². The summed E-state index contributed by atoms with van der Waals surface area (Å²) in [5, 5.41) is 0. The summed E-state index contributed by atoms with van der Waals surface area (Å²) in [7, 11) is 1.79. The molecule has 120 valence electrons. The molecule has 21 heavy (non-hydrogen) atoms. The maximum atomic E-state index is 12.6. The molecule has 0 saturated carbocycles. The van der Waals surface area contributed by atoms with Crippen LogP contribution in [-0.2, 0) is 14.8 Å². The number of H-pyrrole nitrogens is 1. The predicted molar refractivity (Wildman–Crippen MR) is 80.9 cm³/mol. The van der Waals surface area contributed by atoms with Gasteiger partial charge in [0, 0.05) is 32.5 Å². The van der Waals surface area contributed by atoms with Crippen LogP contribution in [-0.4, -0.2) is 70.1 Å². The Labute approximate surface area is 125 Å². The van der Waals surface area contributed by atoms with Gasteiger partial charge in [0.05, 0.1) is 11.5 Å². The fraction of sp³-hybridized carbons (Fsp3) is 0.615. The summed E-state index contributed by atoms with van der Waals surface area (Å²) in [5.41, 5.74) is -0.329. The largest absolute Gasteiger partial charge is 0.383 e. The SMILES string of the molecule is COCCN(CCCN(C)C)S(=O)(=O)c1ccc(=O)[nH]c1. The molecule has 8 heteroatoms. The maximum Gasteiger partial charge on any atom is 0.247 e. The number of aromatic amines is 1. The lowest BCUT2D eigenvalue weighted by molar-refractivity contribution is 0.177. The smallest absolute Gasteiger partial charge is 0.247 e. The summed E-state index contributed by atoms with van der Waals surface area (Å²) in [5.74, 6) is 0. The second kappa shape index (κ2) is 8.28. The van der Waals surface area contributed by atoms with E-state index in [0.29, 0.717) is 13.2 Å². The third-order valence-corrected chi connectivity index (χ3v) is 4.85. The minimum Gasteiger partial charge on any atom is -0.383 e. The average Bonchev–Trinajstić information content (AvgIpc) is 2.42. The van der Waals surface area contributed by atoms with Crippen LogP contribution in [0.5, 0.6) is 0 Å². The van der Waals surface area contributed by atoms with E-state index in [0.717, 1.165) is 13.0 Å². The summed E-state index contributed by atoms with van der Waals surface area (Å²) in [6, 6.07) is 2.53. The van der Waals surface area contributed by atoms with Crippen molar-refractivity contribution in [2.75, 3.05) is 47.4 Å². The first-order valence-electron chi connectivity index (χ1n) is 6.70. The lowest BCUT2D eigenvalue weighted by Gasteiger charge is -2.22. The summed E-state index contributed by atoms with van der Waals surface area (Å²) in [4.78, 5) is 15.5. The van der Waals surface area contributed by atoms with Crippen LogP contribution in [0.1, 0.15) is 6.42 Å². The minimum absolute atomic E-state index is 0.0862. The number of ether oxygens (including phenoxy) is 1. The minimum atomic E-state index is -3.62. The number of sulfonamides is 1. The number of nitrogens with zero attached hydrogens (tertiary/aromatic N) is 2. The molecular formula is C13H23N3O4S. The molecule has 0 aromatic carbocycles. The number of rotatable bonds is 9. The van der Waals surface area contributed by atoms with Crippen LogP contribution >= 0.6 is 0 Å². The van der Waals surface area contributed by atoms with Crippen molar-refractivity contribution in [1.82, 2.24) is 14.2 Å². The molecule has 1 heterocycles. The van der Waals surface area contributed by atoms with Gasteiger partial charge in [-0.15, -0.1) is 0 Å². The van der Waals surface area contributed by atoms with E-state index in [2.05, 4.69) is 4.98 Å². The third kappa shape index (κ3) is 5.58. The molecule has 0 spiro atoms. The van der Waals surface area contributed by atoms with Crippen molar-refractivity contribution in [3.05, 3.63) is 28.7 Å². The van der Waals surface area contributed by atoms with Gasteiger partial charge in [0.25, 0.3) is 0 Å². The number of nitrogens with one attached hydrogen (secondary N) is 1. The van der Waals surface area contributed by atoms with Gasteiger partial charge in [0.2, 0.25) is 15.6 Å². The van der Waals surface area contributed by atoms with Crippen LogP contribution in [0.15, 0.2) is 28.0 Å². The second-order valence-corrected chi connectivity index (χ2v) is 6.88. The van der Waals surface area contributed by atoms with E-state index in [4.69, 9.17) is 4.74 Å². The molecule has 1 aromatic heterocycles. The van der Waals surface area contributed by atoms with Crippen LogP contribution < -0.4 is 5.56 Å². The topological polar surface area (TPSA) is 82.7 Å². The number of hydrogen-bond acceptors (Lipinski definition) is 5. The Bertz CT molecular complexity index is 563. The Morgan fingerprint density at radius 2 is 1.90 bits per heavy atom. The summed E-state index contributed by atoms with van der Waals surface area (Å²) >= 11 is 0. The van der Waals surface area contributed by atoms with Gasteiger partial charge in [-0.1, -0.05) is 0 Å². The van der Waals surface area contributed by atoms with Gasteiger partial charge >= 0.3 is 0 Å². The van der Waals surface area contributed by atoms with Crippen molar-refractivity contribution in [1.29, 1.82) is 0 Å². The van der Waals surface area contributed by atoms with Crippen molar-refractivity contribution < 1.29 is 13.2 Å². The van der Waals surface area contributed by atoms with E-state index >= 15 is 0 Å². The zero-order valence-corrected chi connectivity index (χ0v) is 13.5. The van der Waals surface area contributed by atoms with Crippen LogP contribution in [0.3, 0.4) is 0 Å². The second-order valence-electron chi connectivity index (χ2n) is 4.94. The monoisotopic (exact) mass is 317 g/mol. The van der Waals surface area contributed by atoms with Crippen LogP contribution in [0.4, 0.5) is 0 Å². The predicted octanol–water partition coefficient (Wildman–Crippen LogP) is -0.0363. The van der Waals surface area contributed by atoms with Gasteiger partial charge in [-0.05, 0) is 33.1 Å².